The Balaban J connectivity index is 1.82. The third kappa shape index (κ3) is 3.91. The first kappa shape index (κ1) is 13.7. The number of aromatic nitrogens is 1. The molecule has 0 aliphatic rings. The maximum atomic E-state index is 11.6. The van der Waals surface area contributed by atoms with Crippen molar-refractivity contribution < 1.29 is 14.3 Å². The Bertz CT molecular complexity index is 585. The van der Waals surface area contributed by atoms with E-state index in [-0.39, 0.29) is 12.5 Å². The summed E-state index contributed by atoms with van der Waals surface area (Å²) in [5, 5.41) is 2.69. The summed E-state index contributed by atoms with van der Waals surface area (Å²) < 4.78 is 5.31. The van der Waals surface area contributed by atoms with Gasteiger partial charge in [-0.3, -0.25) is 14.6 Å². The van der Waals surface area contributed by atoms with Crippen LogP contribution < -0.4 is 10.1 Å². The van der Waals surface area contributed by atoms with Gasteiger partial charge in [0.25, 0.3) is 5.91 Å². The first-order valence-corrected chi connectivity index (χ1v) is 6.13. The number of benzene rings is 1. The van der Waals surface area contributed by atoms with E-state index < -0.39 is 0 Å². The van der Waals surface area contributed by atoms with Crippen molar-refractivity contribution in [3.63, 3.8) is 0 Å². The molecule has 5 nitrogen and oxygen atoms in total. The third-order valence-corrected chi connectivity index (χ3v) is 2.60. The predicted octanol–water partition coefficient (Wildman–Crippen LogP) is 1.59. The van der Waals surface area contributed by atoms with Crippen LogP contribution in [-0.2, 0) is 11.3 Å². The molecule has 0 unspecified atom stereocenters. The molecule has 1 aromatic carbocycles. The quantitative estimate of drug-likeness (QED) is 0.809. The highest BCUT2D eigenvalue weighted by molar-refractivity contribution is 5.80. The molecule has 0 fully saturated rings. The number of carbonyl (C=O) groups is 2. The van der Waals surface area contributed by atoms with E-state index in [2.05, 4.69) is 10.3 Å². The number of nitrogens with zero attached hydrogens (tertiary/aromatic N) is 1. The number of para-hydroxylation sites is 1. The number of pyridine rings is 1. The van der Waals surface area contributed by atoms with E-state index in [4.69, 9.17) is 4.74 Å². The van der Waals surface area contributed by atoms with Gasteiger partial charge >= 0.3 is 0 Å². The summed E-state index contributed by atoms with van der Waals surface area (Å²) in [5.74, 6) is 0.131. The van der Waals surface area contributed by atoms with Gasteiger partial charge < -0.3 is 10.1 Å². The van der Waals surface area contributed by atoms with Gasteiger partial charge in [-0.1, -0.05) is 18.2 Å². The van der Waals surface area contributed by atoms with Crippen LogP contribution in [0.25, 0.3) is 0 Å². The molecule has 0 aliphatic carbocycles. The van der Waals surface area contributed by atoms with Crippen molar-refractivity contribution in [2.24, 2.45) is 0 Å². The molecule has 0 bridgehead atoms. The van der Waals surface area contributed by atoms with Crippen molar-refractivity contribution in [1.82, 2.24) is 10.3 Å². The van der Waals surface area contributed by atoms with Crippen LogP contribution in [0.5, 0.6) is 5.75 Å². The second-order valence-electron chi connectivity index (χ2n) is 4.04. The summed E-state index contributed by atoms with van der Waals surface area (Å²) in [7, 11) is 0. The first-order chi connectivity index (χ1) is 9.79. The van der Waals surface area contributed by atoms with Crippen LogP contribution in [0.4, 0.5) is 0 Å². The molecule has 2 aromatic rings. The van der Waals surface area contributed by atoms with E-state index in [0.29, 0.717) is 24.1 Å². The molecular formula is C15H14N2O3. The summed E-state index contributed by atoms with van der Waals surface area (Å²) in [6.07, 6.45) is 2.36. The SMILES string of the molecule is O=Cc1ccccc1OCC(=O)NCc1ccccn1. The molecule has 5 heteroatoms. The van der Waals surface area contributed by atoms with Gasteiger partial charge in [-0.25, -0.2) is 0 Å². The summed E-state index contributed by atoms with van der Waals surface area (Å²) in [6.45, 7) is 0.204. The number of amides is 1. The van der Waals surface area contributed by atoms with Crippen molar-refractivity contribution in [2.75, 3.05) is 6.61 Å². The average molecular weight is 270 g/mol. The lowest BCUT2D eigenvalue weighted by Gasteiger charge is -2.08. The first-order valence-electron chi connectivity index (χ1n) is 6.13. The Morgan fingerprint density at radius 3 is 2.75 bits per heavy atom. The Morgan fingerprint density at radius 2 is 2.00 bits per heavy atom. The molecule has 102 valence electrons. The van der Waals surface area contributed by atoms with Crippen LogP contribution >= 0.6 is 0 Å². The van der Waals surface area contributed by atoms with E-state index in [1.54, 1.807) is 30.5 Å². The Kier molecular flexibility index (Phi) is 4.83. The van der Waals surface area contributed by atoms with E-state index in [0.717, 1.165) is 5.69 Å². The maximum Gasteiger partial charge on any atom is 0.258 e. The molecule has 0 aliphatic heterocycles. The second kappa shape index (κ2) is 7.04. The molecule has 0 radical (unpaired) electrons. The smallest absolute Gasteiger partial charge is 0.258 e. The Labute approximate surface area is 116 Å². The number of hydrogen-bond donors (Lipinski definition) is 1. The molecule has 1 heterocycles. The van der Waals surface area contributed by atoms with E-state index in [1.807, 2.05) is 18.2 Å². The van der Waals surface area contributed by atoms with Crippen LogP contribution in [0.15, 0.2) is 48.7 Å². The van der Waals surface area contributed by atoms with E-state index in [9.17, 15) is 9.59 Å². The van der Waals surface area contributed by atoms with Gasteiger partial charge in [0.15, 0.2) is 12.9 Å². The van der Waals surface area contributed by atoms with Crippen LogP contribution in [0.2, 0.25) is 0 Å². The Hall–Kier alpha value is -2.69. The molecule has 1 amide bonds. The van der Waals surface area contributed by atoms with Crippen LogP contribution in [0.3, 0.4) is 0 Å². The maximum absolute atomic E-state index is 11.6. The molecule has 1 N–H and O–H groups in total. The lowest BCUT2D eigenvalue weighted by molar-refractivity contribution is -0.123. The molecule has 0 saturated heterocycles. The minimum atomic E-state index is -0.267. The van der Waals surface area contributed by atoms with Crippen molar-refractivity contribution in [2.45, 2.75) is 6.54 Å². The van der Waals surface area contributed by atoms with Gasteiger partial charge in [0.05, 0.1) is 17.8 Å². The van der Waals surface area contributed by atoms with Crippen molar-refractivity contribution >= 4 is 12.2 Å². The molecule has 0 atom stereocenters. The second-order valence-corrected chi connectivity index (χ2v) is 4.04. The van der Waals surface area contributed by atoms with Gasteiger partial charge in [-0.05, 0) is 24.3 Å². The molecular weight excluding hydrogens is 256 g/mol. The molecule has 20 heavy (non-hydrogen) atoms. The number of rotatable bonds is 6. The standard InChI is InChI=1S/C15H14N2O3/c18-10-12-5-1-2-7-14(12)20-11-15(19)17-9-13-6-3-4-8-16-13/h1-8,10H,9,11H2,(H,17,19). The summed E-state index contributed by atoms with van der Waals surface area (Å²) >= 11 is 0. The highest BCUT2D eigenvalue weighted by Gasteiger charge is 2.06. The van der Waals surface area contributed by atoms with Crippen LogP contribution in [0, 0.1) is 0 Å². The number of nitrogens with one attached hydrogen (secondary N) is 1. The number of aldehydes is 1. The largest absolute Gasteiger partial charge is 0.483 e. The summed E-state index contributed by atoms with van der Waals surface area (Å²) in [5.41, 5.74) is 1.19. The van der Waals surface area contributed by atoms with Crippen molar-refractivity contribution in [3.8, 4) is 5.75 Å². The van der Waals surface area contributed by atoms with E-state index in [1.165, 1.54) is 0 Å². The van der Waals surface area contributed by atoms with Gasteiger partial charge in [0, 0.05) is 6.20 Å². The number of carbonyl (C=O) groups excluding carboxylic acids is 2. The fourth-order valence-corrected chi connectivity index (χ4v) is 1.60. The van der Waals surface area contributed by atoms with Crippen molar-refractivity contribution in [3.05, 3.63) is 59.9 Å². The van der Waals surface area contributed by atoms with Crippen molar-refractivity contribution in [1.29, 1.82) is 0 Å². The fourth-order valence-electron chi connectivity index (χ4n) is 1.60. The average Bonchev–Trinajstić information content (AvgIpc) is 2.52. The van der Waals surface area contributed by atoms with Crippen LogP contribution in [0.1, 0.15) is 16.1 Å². The highest BCUT2D eigenvalue weighted by atomic mass is 16.5. The monoisotopic (exact) mass is 270 g/mol. The summed E-state index contributed by atoms with van der Waals surface area (Å²) in [4.78, 5) is 26.5. The lowest BCUT2D eigenvalue weighted by atomic mass is 10.2. The zero-order chi connectivity index (χ0) is 14.2. The van der Waals surface area contributed by atoms with Crippen LogP contribution in [-0.4, -0.2) is 23.8 Å². The van der Waals surface area contributed by atoms with Gasteiger partial charge in [0.1, 0.15) is 5.75 Å². The van der Waals surface area contributed by atoms with Gasteiger partial charge in [0.2, 0.25) is 0 Å². The molecule has 0 saturated carbocycles. The predicted molar refractivity (Wildman–Crippen MR) is 73.4 cm³/mol. The highest BCUT2D eigenvalue weighted by Crippen LogP contribution is 2.15. The Morgan fingerprint density at radius 1 is 1.20 bits per heavy atom. The van der Waals surface area contributed by atoms with Gasteiger partial charge in [-0.15, -0.1) is 0 Å². The molecule has 0 spiro atoms. The zero-order valence-corrected chi connectivity index (χ0v) is 10.8. The number of hydrogen-bond acceptors (Lipinski definition) is 4. The fraction of sp³-hybridized carbons (Fsp3) is 0.133. The minimum absolute atomic E-state index is 0.141. The molecule has 1 aromatic heterocycles. The van der Waals surface area contributed by atoms with Gasteiger partial charge in [-0.2, -0.15) is 0 Å². The summed E-state index contributed by atoms with van der Waals surface area (Å²) in [6, 6.07) is 12.2. The third-order valence-electron chi connectivity index (χ3n) is 2.60. The topological polar surface area (TPSA) is 68.3 Å². The lowest BCUT2D eigenvalue weighted by Crippen LogP contribution is -2.28. The zero-order valence-electron chi connectivity index (χ0n) is 10.8. The number of ether oxygens (including phenoxy) is 1. The normalized spacial score (nSPS) is 9.80. The molecule has 2 rings (SSSR count). The minimum Gasteiger partial charge on any atom is -0.483 e. The van der Waals surface area contributed by atoms with E-state index >= 15 is 0 Å².